The van der Waals surface area contributed by atoms with E-state index in [0.29, 0.717) is 30.2 Å². The molecule has 0 fully saturated rings. The SMILES string of the molecule is COc1cccc2c1OC[C@@H](C(=O)NCc1cc(-c3cccnc3)no1)C2. The topological polar surface area (TPSA) is 86.5 Å². The lowest BCUT2D eigenvalue weighted by Crippen LogP contribution is -2.37. The van der Waals surface area contributed by atoms with Crippen molar-refractivity contribution in [2.45, 2.75) is 13.0 Å². The number of benzene rings is 1. The summed E-state index contributed by atoms with van der Waals surface area (Å²) >= 11 is 0. The van der Waals surface area contributed by atoms with Crippen molar-refractivity contribution >= 4 is 5.91 Å². The van der Waals surface area contributed by atoms with Crippen molar-refractivity contribution in [2.24, 2.45) is 5.92 Å². The van der Waals surface area contributed by atoms with Crippen LogP contribution in [0.15, 0.2) is 53.3 Å². The molecule has 1 aliphatic heterocycles. The minimum Gasteiger partial charge on any atom is -0.493 e. The van der Waals surface area contributed by atoms with Gasteiger partial charge in [-0.3, -0.25) is 9.78 Å². The van der Waals surface area contributed by atoms with Crippen LogP contribution < -0.4 is 14.8 Å². The van der Waals surface area contributed by atoms with E-state index in [-0.39, 0.29) is 18.4 Å². The Morgan fingerprint density at radius 2 is 2.26 bits per heavy atom. The monoisotopic (exact) mass is 365 g/mol. The summed E-state index contributed by atoms with van der Waals surface area (Å²) in [4.78, 5) is 16.6. The highest BCUT2D eigenvalue weighted by Crippen LogP contribution is 2.36. The van der Waals surface area contributed by atoms with Gasteiger partial charge in [-0.2, -0.15) is 0 Å². The van der Waals surface area contributed by atoms with E-state index in [9.17, 15) is 4.79 Å². The number of amides is 1. The highest BCUT2D eigenvalue weighted by molar-refractivity contribution is 5.79. The van der Waals surface area contributed by atoms with E-state index in [1.165, 1.54) is 0 Å². The van der Waals surface area contributed by atoms with Crippen molar-refractivity contribution in [3.63, 3.8) is 0 Å². The summed E-state index contributed by atoms with van der Waals surface area (Å²) in [7, 11) is 1.61. The van der Waals surface area contributed by atoms with E-state index in [0.717, 1.165) is 16.9 Å². The molecule has 1 aliphatic rings. The van der Waals surface area contributed by atoms with Gasteiger partial charge < -0.3 is 19.3 Å². The van der Waals surface area contributed by atoms with Crippen LogP contribution in [0.1, 0.15) is 11.3 Å². The van der Waals surface area contributed by atoms with Crippen LogP contribution in [0.25, 0.3) is 11.3 Å². The van der Waals surface area contributed by atoms with Gasteiger partial charge in [0.25, 0.3) is 0 Å². The predicted molar refractivity (Wildman–Crippen MR) is 97.3 cm³/mol. The molecule has 3 heterocycles. The summed E-state index contributed by atoms with van der Waals surface area (Å²) in [6.07, 6.45) is 4.02. The zero-order valence-electron chi connectivity index (χ0n) is 14.8. The smallest absolute Gasteiger partial charge is 0.227 e. The van der Waals surface area contributed by atoms with E-state index in [2.05, 4.69) is 15.5 Å². The van der Waals surface area contributed by atoms with Crippen molar-refractivity contribution < 1.29 is 18.8 Å². The van der Waals surface area contributed by atoms with Crippen LogP contribution >= 0.6 is 0 Å². The normalized spacial score (nSPS) is 15.5. The van der Waals surface area contributed by atoms with Gasteiger partial charge in [-0.05, 0) is 30.2 Å². The van der Waals surface area contributed by atoms with Crippen molar-refractivity contribution in [1.82, 2.24) is 15.5 Å². The Hall–Kier alpha value is -3.35. The number of carbonyl (C=O) groups excluding carboxylic acids is 1. The first-order chi connectivity index (χ1) is 13.2. The molecule has 27 heavy (non-hydrogen) atoms. The summed E-state index contributed by atoms with van der Waals surface area (Å²) in [5.41, 5.74) is 2.53. The van der Waals surface area contributed by atoms with Crippen molar-refractivity contribution in [3.8, 4) is 22.8 Å². The number of para-hydroxylation sites is 1. The van der Waals surface area contributed by atoms with E-state index in [1.807, 2.05) is 30.3 Å². The largest absolute Gasteiger partial charge is 0.493 e. The summed E-state index contributed by atoms with van der Waals surface area (Å²) < 4.78 is 16.4. The highest BCUT2D eigenvalue weighted by Gasteiger charge is 2.27. The fraction of sp³-hybridized carbons (Fsp3) is 0.250. The molecule has 0 aliphatic carbocycles. The Bertz CT molecular complexity index is 939. The number of aromatic nitrogens is 2. The molecular formula is C20H19N3O4. The van der Waals surface area contributed by atoms with Gasteiger partial charge in [0.2, 0.25) is 5.91 Å². The molecule has 0 saturated carbocycles. The third-order valence-corrected chi connectivity index (χ3v) is 4.50. The number of rotatable bonds is 5. The molecular weight excluding hydrogens is 346 g/mol. The van der Waals surface area contributed by atoms with Crippen LogP contribution in [-0.4, -0.2) is 29.8 Å². The third kappa shape index (κ3) is 3.62. The van der Waals surface area contributed by atoms with E-state index in [1.54, 1.807) is 25.6 Å². The van der Waals surface area contributed by atoms with E-state index in [4.69, 9.17) is 14.0 Å². The maximum Gasteiger partial charge on any atom is 0.227 e. The standard InChI is InChI=1S/C20H19N3O4/c1-25-18-6-2-4-13-8-15(12-26-19(13)18)20(24)22-11-16-9-17(23-27-16)14-5-3-7-21-10-14/h2-7,9-10,15H,8,11-12H2,1H3,(H,22,24)/t15-/m0/s1. The van der Waals surface area contributed by atoms with Gasteiger partial charge in [-0.25, -0.2) is 0 Å². The second kappa shape index (κ2) is 7.49. The van der Waals surface area contributed by atoms with Crippen LogP contribution in [0.2, 0.25) is 0 Å². The summed E-state index contributed by atoms with van der Waals surface area (Å²) in [5.74, 6) is 1.66. The van der Waals surface area contributed by atoms with Crippen LogP contribution in [0.4, 0.5) is 0 Å². The molecule has 0 radical (unpaired) electrons. The Morgan fingerprint density at radius 3 is 3.07 bits per heavy atom. The van der Waals surface area contributed by atoms with Crippen molar-refractivity contribution in [2.75, 3.05) is 13.7 Å². The minimum absolute atomic E-state index is 0.0807. The highest BCUT2D eigenvalue weighted by atomic mass is 16.5. The lowest BCUT2D eigenvalue weighted by Gasteiger charge is -2.25. The number of nitrogens with one attached hydrogen (secondary N) is 1. The van der Waals surface area contributed by atoms with Crippen molar-refractivity contribution in [3.05, 3.63) is 60.1 Å². The number of methoxy groups -OCH3 is 1. The fourth-order valence-corrected chi connectivity index (χ4v) is 3.09. The summed E-state index contributed by atoms with van der Waals surface area (Å²) in [6, 6.07) is 11.2. The maximum absolute atomic E-state index is 12.5. The molecule has 1 N–H and O–H groups in total. The summed E-state index contributed by atoms with van der Waals surface area (Å²) in [5, 5.41) is 6.91. The quantitative estimate of drug-likeness (QED) is 0.748. The number of nitrogens with zero attached hydrogens (tertiary/aromatic N) is 2. The van der Waals surface area contributed by atoms with Crippen LogP contribution in [0.5, 0.6) is 11.5 Å². The van der Waals surface area contributed by atoms with Gasteiger partial charge in [-0.15, -0.1) is 0 Å². The molecule has 0 bridgehead atoms. The second-order valence-electron chi connectivity index (χ2n) is 6.30. The molecule has 4 rings (SSSR count). The Morgan fingerprint density at radius 1 is 1.33 bits per heavy atom. The zero-order chi connectivity index (χ0) is 18.6. The minimum atomic E-state index is -0.259. The zero-order valence-corrected chi connectivity index (χ0v) is 14.8. The molecule has 3 aromatic rings. The number of hydrogen-bond donors (Lipinski definition) is 1. The molecule has 1 aromatic carbocycles. The maximum atomic E-state index is 12.5. The molecule has 138 valence electrons. The predicted octanol–water partition coefficient (Wildman–Crippen LogP) is 2.61. The number of fused-ring (bicyclic) bond motifs is 1. The van der Waals surface area contributed by atoms with Crippen molar-refractivity contribution in [1.29, 1.82) is 0 Å². The molecule has 0 saturated heterocycles. The van der Waals surface area contributed by atoms with Gasteiger partial charge >= 0.3 is 0 Å². The fourth-order valence-electron chi connectivity index (χ4n) is 3.09. The van der Waals surface area contributed by atoms with Gasteiger partial charge in [0.15, 0.2) is 17.3 Å². The van der Waals surface area contributed by atoms with Gasteiger partial charge in [0.1, 0.15) is 12.3 Å². The van der Waals surface area contributed by atoms with Crippen LogP contribution in [-0.2, 0) is 17.8 Å². The molecule has 0 spiro atoms. The first kappa shape index (κ1) is 17.1. The van der Waals surface area contributed by atoms with E-state index >= 15 is 0 Å². The van der Waals surface area contributed by atoms with Gasteiger partial charge in [0, 0.05) is 24.0 Å². The molecule has 0 unspecified atom stereocenters. The average Bonchev–Trinajstić information content (AvgIpc) is 3.21. The molecule has 1 atom stereocenters. The van der Waals surface area contributed by atoms with Gasteiger partial charge in [-0.1, -0.05) is 17.3 Å². The Labute approximate surface area is 156 Å². The lowest BCUT2D eigenvalue weighted by atomic mass is 9.95. The summed E-state index contributed by atoms with van der Waals surface area (Å²) in [6.45, 7) is 0.587. The lowest BCUT2D eigenvalue weighted by molar-refractivity contribution is -0.126. The molecule has 2 aromatic heterocycles. The number of pyridine rings is 1. The average molecular weight is 365 g/mol. The first-order valence-electron chi connectivity index (χ1n) is 8.67. The van der Waals surface area contributed by atoms with Crippen LogP contribution in [0.3, 0.4) is 0 Å². The molecule has 7 nitrogen and oxygen atoms in total. The van der Waals surface area contributed by atoms with Gasteiger partial charge in [0.05, 0.1) is 19.6 Å². The first-order valence-corrected chi connectivity index (χ1v) is 8.67. The molecule has 1 amide bonds. The van der Waals surface area contributed by atoms with Crippen LogP contribution in [0, 0.1) is 5.92 Å². The number of hydrogen-bond acceptors (Lipinski definition) is 6. The second-order valence-corrected chi connectivity index (χ2v) is 6.30. The Balaban J connectivity index is 1.37. The molecule has 7 heteroatoms. The number of carbonyl (C=O) groups is 1. The Kier molecular flexibility index (Phi) is 4.74. The number of ether oxygens (including phenoxy) is 2. The third-order valence-electron chi connectivity index (χ3n) is 4.50. The van der Waals surface area contributed by atoms with E-state index < -0.39 is 0 Å².